The number of methoxy groups -OCH3 is 1. The molecule has 1 aliphatic heterocycles. The minimum Gasteiger partial charge on any atom is -0.465 e. The lowest BCUT2D eigenvalue weighted by atomic mass is 10.1. The van der Waals surface area contributed by atoms with E-state index in [1.54, 1.807) is 23.2 Å². The number of nitrogens with zero attached hydrogens (tertiary/aromatic N) is 4. The summed E-state index contributed by atoms with van der Waals surface area (Å²) in [5.41, 5.74) is 1.63. The highest BCUT2D eigenvalue weighted by molar-refractivity contribution is 5.91. The van der Waals surface area contributed by atoms with Crippen LogP contribution in [0.15, 0.2) is 48.8 Å². The van der Waals surface area contributed by atoms with E-state index < -0.39 is 11.6 Å². The van der Waals surface area contributed by atoms with E-state index in [1.807, 2.05) is 30.5 Å². The highest BCUT2D eigenvalue weighted by Crippen LogP contribution is 2.28. The Hall–Kier alpha value is -3.42. The number of benzene rings is 1. The molecule has 0 unspecified atom stereocenters. The van der Waals surface area contributed by atoms with E-state index in [0.717, 1.165) is 22.3 Å². The van der Waals surface area contributed by atoms with Crippen LogP contribution in [0.4, 0.5) is 10.1 Å². The third-order valence-electron chi connectivity index (χ3n) is 5.78. The zero-order valence-electron chi connectivity index (χ0n) is 18.5. The number of aromatic nitrogens is 2. The van der Waals surface area contributed by atoms with Crippen LogP contribution in [0, 0.1) is 0 Å². The predicted molar refractivity (Wildman–Crippen MR) is 121 cm³/mol. The summed E-state index contributed by atoms with van der Waals surface area (Å²) in [6, 6.07) is 11.3. The monoisotopic (exact) mass is 438 g/mol. The number of hydrogen-bond acceptors (Lipinski definition) is 5. The summed E-state index contributed by atoms with van der Waals surface area (Å²) < 4.78 is 20.8. The summed E-state index contributed by atoms with van der Waals surface area (Å²) in [6.07, 6.45) is 3.79. The van der Waals surface area contributed by atoms with E-state index in [0.29, 0.717) is 38.3 Å². The Kier molecular flexibility index (Phi) is 5.86. The van der Waals surface area contributed by atoms with Crippen LogP contribution >= 0.6 is 0 Å². The highest BCUT2D eigenvalue weighted by atomic mass is 19.1. The first kappa shape index (κ1) is 21.8. The molecule has 3 heterocycles. The summed E-state index contributed by atoms with van der Waals surface area (Å²) in [5, 5.41) is 1.03. The maximum Gasteiger partial charge on any atom is 0.337 e. The van der Waals surface area contributed by atoms with Crippen molar-refractivity contribution in [1.29, 1.82) is 0 Å². The largest absolute Gasteiger partial charge is 0.465 e. The van der Waals surface area contributed by atoms with Gasteiger partial charge < -0.3 is 19.1 Å². The van der Waals surface area contributed by atoms with Crippen molar-refractivity contribution in [3.63, 3.8) is 0 Å². The van der Waals surface area contributed by atoms with Gasteiger partial charge in [0.1, 0.15) is 5.65 Å². The molecule has 0 radical (unpaired) electrons. The minimum atomic E-state index is -1.85. The molecule has 0 saturated carbocycles. The Morgan fingerprint density at radius 2 is 1.75 bits per heavy atom. The lowest BCUT2D eigenvalue weighted by Gasteiger charge is -2.37. The molecular weight excluding hydrogens is 411 g/mol. The van der Waals surface area contributed by atoms with Gasteiger partial charge in [-0.25, -0.2) is 14.2 Å². The van der Waals surface area contributed by atoms with Gasteiger partial charge in [-0.3, -0.25) is 4.79 Å². The molecule has 0 aliphatic carbocycles. The molecule has 1 fully saturated rings. The van der Waals surface area contributed by atoms with Crippen molar-refractivity contribution in [3.05, 3.63) is 59.9 Å². The quantitative estimate of drug-likeness (QED) is 0.572. The van der Waals surface area contributed by atoms with Crippen LogP contribution in [0.5, 0.6) is 0 Å². The van der Waals surface area contributed by atoms with E-state index in [1.165, 1.54) is 21.0 Å². The number of halogens is 1. The fourth-order valence-corrected chi connectivity index (χ4v) is 4.07. The van der Waals surface area contributed by atoms with E-state index >= 15 is 0 Å². The van der Waals surface area contributed by atoms with E-state index in [2.05, 4.69) is 14.5 Å². The normalized spacial score (nSPS) is 14.6. The van der Waals surface area contributed by atoms with Crippen molar-refractivity contribution in [1.82, 2.24) is 14.5 Å². The number of ether oxygens (including phenoxy) is 1. The number of fused-ring (bicyclic) bond motifs is 1. The van der Waals surface area contributed by atoms with E-state index in [9.17, 15) is 14.0 Å². The predicted octanol–water partition coefficient (Wildman–Crippen LogP) is 3.27. The van der Waals surface area contributed by atoms with Crippen LogP contribution in [0.1, 0.15) is 29.8 Å². The molecule has 7 nitrogen and oxygen atoms in total. The Morgan fingerprint density at radius 3 is 2.38 bits per heavy atom. The first-order valence-corrected chi connectivity index (χ1v) is 10.6. The van der Waals surface area contributed by atoms with Gasteiger partial charge in [0.15, 0.2) is 5.67 Å². The Bertz CT molecular complexity index is 1130. The summed E-state index contributed by atoms with van der Waals surface area (Å²) in [7, 11) is 1.37. The van der Waals surface area contributed by atoms with Crippen LogP contribution in [-0.2, 0) is 16.1 Å². The number of anilines is 1. The summed E-state index contributed by atoms with van der Waals surface area (Å²) >= 11 is 0. The van der Waals surface area contributed by atoms with Crippen LogP contribution in [-0.4, -0.2) is 65.3 Å². The Morgan fingerprint density at radius 1 is 1.06 bits per heavy atom. The van der Waals surface area contributed by atoms with Crippen LogP contribution in [0.3, 0.4) is 0 Å². The fraction of sp³-hybridized carbons (Fsp3) is 0.375. The first-order chi connectivity index (χ1) is 15.3. The fourth-order valence-electron chi connectivity index (χ4n) is 4.07. The number of pyridine rings is 1. The molecule has 168 valence electrons. The average molecular weight is 439 g/mol. The van der Waals surface area contributed by atoms with Gasteiger partial charge in [-0.2, -0.15) is 0 Å². The first-order valence-electron chi connectivity index (χ1n) is 10.6. The van der Waals surface area contributed by atoms with Crippen LogP contribution < -0.4 is 4.90 Å². The van der Waals surface area contributed by atoms with E-state index in [4.69, 9.17) is 4.74 Å². The number of amides is 1. The molecule has 2 aromatic heterocycles. The maximum atomic E-state index is 14.0. The molecule has 32 heavy (non-hydrogen) atoms. The highest BCUT2D eigenvalue weighted by Gasteiger charge is 2.33. The number of hydrogen-bond donors (Lipinski definition) is 0. The minimum absolute atomic E-state index is 0.355. The second-order valence-electron chi connectivity index (χ2n) is 8.45. The molecule has 1 amide bonds. The van der Waals surface area contributed by atoms with Gasteiger partial charge in [-0.15, -0.1) is 0 Å². The second kappa shape index (κ2) is 8.61. The van der Waals surface area contributed by atoms with Gasteiger partial charge in [0, 0.05) is 56.2 Å². The maximum absolute atomic E-state index is 14.0. The molecule has 8 heteroatoms. The number of alkyl halides is 1. The average Bonchev–Trinajstić information content (AvgIpc) is 3.21. The SMILES string of the molecule is COC(=O)c1ccc(Cn2ccc3c(N4CCN(C(=O)C(C)(C)F)CC4)ccnc32)cc1. The molecule has 4 rings (SSSR count). The van der Waals surface area contributed by atoms with Gasteiger partial charge >= 0.3 is 5.97 Å². The lowest BCUT2D eigenvalue weighted by Crippen LogP contribution is -2.53. The molecule has 0 N–H and O–H groups in total. The van der Waals surface area contributed by atoms with Gasteiger partial charge in [-0.1, -0.05) is 12.1 Å². The smallest absolute Gasteiger partial charge is 0.337 e. The number of carbonyl (C=O) groups is 2. The second-order valence-corrected chi connectivity index (χ2v) is 8.45. The zero-order valence-corrected chi connectivity index (χ0v) is 18.5. The molecule has 0 spiro atoms. The van der Waals surface area contributed by atoms with E-state index in [-0.39, 0.29) is 5.97 Å². The summed E-state index contributed by atoms with van der Waals surface area (Å²) in [6.45, 7) is 5.49. The topological polar surface area (TPSA) is 67.7 Å². The molecule has 0 bridgehead atoms. The van der Waals surface area contributed by atoms with Crippen molar-refractivity contribution < 1.29 is 18.7 Å². The number of esters is 1. The number of rotatable bonds is 5. The van der Waals surface area contributed by atoms with Crippen LogP contribution in [0.25, 0.3) is 11.0 Å². The zero-order chi connectivity index (χ0) is 22.9. The summed E-state index contributed by atoms with van der Waals surface area (Å²) in [5.74, 6) is -0.812. The lowest BCUT2D eigenvalue weighted by molar-refractivity contribution is -0.142. The number of piperazine rings is 1. The summed E-state index contributed by atoms with van der Waals surface area (Å²) in [4.78, 5) is 32.2. The Balaban J connectivity index is 1.50. The van der Waals surface area contributed by atoms with Gasteiger partial charge in [0.2, 0.25) is 0 Å². The van der Waals surface area contributed by atoms with Crippen molar-refractivity contribution in [2.45, 2.75) is 26.1 Å². The van der Waals surface area contributed by atoms with Crippen molar-refractivity contribution >= 4 is 28.6 Å². The van der Waals surface area contributed by atoms with Gasteiger partial charge in [0.05, 0.1) is 12.7 Å². The third kappa shape index (κ3) is 4.30. The molecular formula is C24H27FN4O3. The third-order valence-corrected chi connectivity index (χ3v) is 5.78. The van der Waals surface area contributed by atoms with Crippen molar-refractivity contribution in [3.8, 4) is 0 Å². The van der Waals surface area contributed by atoms with Crippen molar-refractivity contribution in [2.24, 2.45) is 0 Å². The van der Waals surface area contributed by atoms with Crippen molar-refractivity contribution in [2.75, 3.05) is 38.2 Å². The standard InChI is InChI=1S/C24H27FN4O3/c1-24(2,25)23(31)28-14-12-27(13-15-28)20-8-10-26-21-19(20)9-11-29(21)16-17-4-6-18(7-5-17)22(30)32-3/h4-11H,12-16H2,1-3H3. The molecule has 1 aliphatic rings. The Labute approximate surface area is 186 Å². The molecule has 0 atom stereocenters. The molecule has 1 saturated heterocycles. The molecule has 3 aromatic rings. The number of carbonyl (C=O) groups excluding carboxylic acids is 2. The van der Waals surface area contributed by atoms with Gasteiger partial charge in [-0.05, 0) is 43.7 Å². The van der Waals surface area contributed by atoms with Crippen LogP contribution in [0.2, 0.25) is 0 Å². The van der Waals surface area contributed by atoms with Gasteiger partial charge in [0.25, 0.3) is 5.91 Å². The molecule has 1 aromatic carbocycles.